The van der Waals surface area contributed by atoms with Crippen molar-refractivity contribution < 1.29 is 19.1 Å². The molecule has 3 amide bonds. The SMILES string of the molecule is COc1ccc(C=C2SC(=O)N(CCNC(=O)c3sc(-c4cccnc4)nc3-c3ccc(C)cc3)C2=O)cc1. The van der Waals surface area contributed by atoms with Crippen molar-refractivity contribution in [1.29, 1.82) is 0 Å². The molecule has 1 N–H and O–H groups in total. The average Bonchev–Trinajstić information content (AvgIpc) is 3.52. The Labute approximate surface area is 233 Å². The zero-order chi connectivity index (χ0) is 27.4. The van der Waals surface area contributed by atoms with E-state index in [1.165, 1.54) is 11.3 Å². The number of pyridine rings is 1. The van der Waals surface area contributed by atoms with Gasteiger partial charge < -0.3 is 10.1 Å². The molecule has 5 rings (SSSR count). The van der Waals surface area contributed by atoms with Gasteiger partial charge in [-0.1, -0.05) is 42.0 Å². The maximum atomic E-state index is 13.3. The van der Waals surface area contributed by atoms with Gasteiger partial charge in [0, 0.05) is 36.6 Å². The number of hydrogen-bond donors (Lipinski definition) is 1. The molecule has 8 nitrogen and oxygen atoms in total. The Kier molecular flexibility index (Phi) is 7.85. The minimum absolute atomic E-state index is 0.0600. The number of carbonyl (C=O) groups is 3. The molecule has 0 unspecified atom stereocenters. The number of ether oxygens (including phenoxy) is 1. The maximum Gasteiger partial charge on any atom is 0.293 e. The van der Waals surface area contributed by atoms with Crippen LogP contribution in [0.5, 0.6) is 5.75 Å². The highest BCUT2D eigenvalue weighted by molar-refractivity contribution is 8.18. The lowest BCUT2D eigenvalue weighted by molar-refractivity contribution is -0.122. The van der Waals surface area contributed by atoms with E-state index in [2.05, 4.69) is 10.3 Å². The van der Waals surface area contributed by atoms with E-state index in [1.807, 2.05) is 55.5 Å². The number of benzene rings is 2. The number of aryl methyl sites for hydroxylation is 1. The molecule has 10 heteroatoms. The Bertz CT molecular complexity index is 1550. The van der Waals surface area contributed by atoms with Gasteiger partial charge >= 0.3 is 0 Å². The number of methoxy groups -OCH3 is 1. The Hall–Kier alpha value is -4.28. The van der Waals surface area contributed by atoms with Crippen LogP contribution in [0.3, 0.4) is 0 Å². The van der Waals surface area contributed by atoms with Crippen molar-refractivity contribution in [2.75, 3.05) is 20.2 Å². The molecule has 4 aromatic rings. The molecular weight excluding hydrogens is 532 g/mol. The third-order valence-electron chi connectivity index (χ3n) is 5.98. The number of imide groups is 1. The van der Waals surface area contributed by atoms with Crippen LogP contribution in [0.15, 0.2) is 78.0 Å². The summed E-state index contributed by atoms with van der Waals surface area (Å²) < 4.78 is 5.16. The molecule has 2 aromatic carbocycles. The topological polar surface area (TPSA) is 101 Å². The standard InChI is InChI=1S/C29H24N4O4S2/c1-18-5-9-20(10-6-18)24-25(39-27(32-24)21-4-3-13-30-17-21)26(34)31-14-15-33-28(35)23(38-29(33)36)16-19-7-11-22(37-2)12-8-19/h3-13,16-17H,14-15H2,1-2H3,(H,31,34). The highest BCUT2D eigenvalue weighted by Crippen LogP contribution is 2.34. The minimum atomic E-state index is -0.382. The van der Waals surface area contributed by atoms with Crippen LogP contribution in [-0.4, -0.2) is 52.1 Å². The Morgan fingerprint density at radius 3 is 2.51 bits per heavy atom. The number of rotatable bonds is 8. The average molecular weight is 557 g/mol. The van der Waals surface area contributed by atoms with Crippen LogP contribution in [0.4, 0.5) is 4.79 Å². The highest BCUT2D eigenvalue weighted by Gasteiger charge is 2.34. The first-order valence-corrected chi connectivity index (χ1v) is 13.7. The summed E-state index contributed by atoms with van der Waals surface area (Å²) in [6.07, 6.45) is 5.06. The number of thioether (sulfide) groups is 1. The molecule has 0 radical (unpaired) electrons. The predicted molar refractivity (Wildman–Crippen MR) is 154 cm³/mol. The third kappa shape index (κ3) is 5.92. The van der Waals surface area contributed by atoms with Crippen molar-refractivity contribution in [2.24, 2.45) is 0 Å². The summed E-state index contributed by atoms with van der Waals surface area (Å²) in [4.78, 5) is 49.5. The molecule has 1 aliphatic heterocycles. The number of nitrogens with one attached hydrogen (secondary N) is 1. The molecule has 1 fully saturated rings. The largest absolute Gasteiger partial charge is 0.497 e. The molecule has 3 heterocycles. The smallest absolute Gasteiger partial charge is 0.293 e. The van der Waals surface area contributed by atoms with Gasteiger partial charge in [-0.15, -0.1) is 11.3 Å². The van der Waals surface area contributed by atoms with Crippen LogP contribution >= 0.6 is 23.1 Å². The fraction of sp³-hybridized carbons (Fsp3) is 0.138. The summed E-state index contributed by atoms with van der Waals surface area (Å²) in [7, 11) is 1.58. The number of amides is 3. The molecule has 2 aromatic heterocycles. The van der Waals surface area contributed by atoms with E-state index in [1.54, 1.807) is 37.7 Å². The first kappa shape index (κ1) is 26.3. The van der Waals surface area contributed by atoms with Crippen molar-refractivity contribution >= 4 is 46.2 Å². The van der Waals surface area contributed by atoms with Crippen molar-refractivity contribution in [2.45, 2.75) is 6.92 Å². The maximum absolute atomic E-state index is 13.3. The fourth-order valence-electron chi connectivity index (χ4n) is 3.90. The van der Waals surface area contributed by atoms with Gasteiger partial charge in [0.1, 0.15) is 15.6 Å². The van der Waals surface area contributed by atoms with E-state index in [-0.39, 0.29) is 30.1 Å². The van der Waals surface area contributed by atoms with Gasteiger partial charge in [0.15, 0.2) is 0 Å². The van der Waals surface area contributed by atoms with Crippen LogP contribution in [-0.2, 0) is 4.79 Å². The van der Waals surface area contributed by atoms with Crippen LogP contribution < -0.4 is 10.1 Å². The van der Waals surface area contributed by atoms with Crippen molar-refractivity contribution in [3.05, 3.63) is 94.0 Å². The fourth-order valence-corrected chi connectivity index (χ4v) is 5.76. The Morgan fingerprint density at radius 1 is 1.05 bits per heavy atom. The predicted octanol–water partition coefficient (Wildman–Crippen LogP) is 5.66. The lowest BCUT2D eigenvalue weighted by atomic mass is 10.1. The van der Waals surface area contributed by atoms with Crippen molar-refractivity contribution in [3.63, 3.8) is 0 Å². The van der Waals surface area contributed by atoms with Crippen LogP contribution in [0.2, 0.25) is 0 Å². The molecule has 0 aliphatic carbocycles. The number of aromatic nitrogens is 2. The molecule has 0 spiro atoms. The minimum Gasteiger partial charge on any atom is -0.497 e. The number of nitrogens with zero attached hydrogens (tertiary/aromatic N) is 3. The molecule has 39 heavy (non-hydrogen) atoms. The second-order valence-electron chi connectivity index (χ2n) is 8.67. The second-order valence-corrected chi connectivity index (χ2v) is 10.7. The first-order chi connectivity index (χ1) is 18.9. The van der Waals surface area contributed by atoms with Gasteiger partial charge in [0.2, 0.25) is 0 Å². The van der Waals surface area contributed by atoms with Gasteiger partial charge in [0.25, 0.3) is 17.1 Å². The van der Waals surface area contributed by atoms with Gasteiger partial charge in [-0.05, 0) is 54.6 Å². The van der Waals surface area contributed by atoms with Crippen molar-refractivity contribution in [3.8, 4) is 27.6 Å². The molecule has 0 atom stereocenters. The van der Waals surface area contributed by atoms with E-state index in [9.17, 15) is 14.4 Å². The van der Waals surface area contributed by atoms with Crippen LogP contribution in [0.1, 0.15) is 20.8 Å². The van der Waals surface area contributed by atoms with E-state index in [0.29, 0.717) is 26.2 Å². The second kappa shape index (κ2) is 11.6. The number of carbonyl (C=O) groups excluding carboxylic acids is 3. The quantitative estimate of drug-likeness (QED) is 0.280. The first-order valence-electron chi connectivity index (χ1n) is 12.1. The van der Waals surface area contributed by atoms with E-state index in [4.69, 9.17) is 9.72 Å². The molecule has 1 aliphatic rings. The summed E-state index contributed by atoms with van der Waals surface area (Å²) in [6.45, 7) is 2.17. The zero-order valence-corrected chi connectivity index (χ0v) is 22.8. The van der Waals surface area contributed by atoms with Gasteiger partial charge in [0.05, 0.1) is 17.7 Å². The monoisotopic (exact) mass is 556 g/mol. The van der Waals surface area contributed by atoms with Gasteiger partial charge in [-0.25, -0.2) is 4.98 Å². The number of thiazole rings is 1. The summed E-state index contributed by atoms with van der Waals surface area (Å²) >= 11 is 2.16. The zero-order valence-electron chi connectivity index (χ0n) is 21.2. The van der Waals surface area contributed by atoms with E-state index in [0.717, 1.165) is 38.9 Å². The van der Waals surface area contributed by atoms with E-state index >= 15 is 0 Å². The molecular formula is C29H24N4O4S2. The third-order valence-corrected chi connectivity index (χ3v) is 7.99. The number of hydrogen-bond acceptors (Lipinski definition) is 8. The normalized spacial score (nSPS) is 14.2. The Morgan fingerprint density at radius 2 is 1.82 bits per heavy atom. The summed E-state index contributed by atoms with van der Waals surface area (Å²) in [5.74, 6) is 0.000977. The van der Waals surface area contributed by atoms with Gasteiger partial charge in [-0.2, -0.15) is 0 Å². The lowest BCUT2D eigenvalue weighted by Crippen LogP contribution is -2.37. The molecule has 0 saturated carbocycles. The van der Waals surface area contributed by atoms with Crippen molar-refractivity contribution in [1.82, 2.24) is 20.2 Å². The lowest BCUT2D eigenvalue weighted by Gasteiger charge is -2.13. The highest BCUT2D eigenvalue weighted by atomic mass is 32.2. The summed E-state index contributed by atoms with van der Waals surface area (Å²) in [5, 5.41) is 3.17. The molecule has 196 valence electrons. The van der Waals surface area contributed by atoms with E-state index < -0.39 is 0 Å². The van der Waals surface area contributed by atoms with Crippen LogP contribution in [0.25, 0.3) is 27.9 Å². The van der Waals surface area contributed by atoms with Crippen LogP contribution in [0, 0.1) is 6.92 Å². The molecule has 0 bridgehead atoms. The van der Waals surface area contributed by atoms with Gasteiger partial charge in [-0.3, -0.25) is 24.3 Å². The Balaban J connectivity index is 1.29. The molecule has 1 saturated heterocycles. The summed E-state index contributed by atoms with van der Waals surface area (Å²) in [5.41, 5.74) is 4.10. The summed E-state index contributed by atoms with van der Waals surface area (Å²) in [6, 6.07) is 18.7.